The maximum Gasteiger partial charge on any atom is 0.141 e. The number of para-hydroxylation sites is 1. The lowest BCUT2D eigenvalue weighted by Gasteiger charge is -2.14. The summed E-state index contributed by atoms with van der Waals surface area (Å²) in [7, 11) is 0. The second kappa shape index (κ2) is 5.85. The van der Waals surface area contributed by atoms with Crippen molar-refractivity contribution in [3.63, 3.8) is 0 Å². The van der Waals surface area contributed by atoms with Crippen molar-refractivity contribution in [3.05, 3.63) is 77.5 Å². The Morgan fingerprint density at radius 1 is 1.13 bits per heavy atom. The fourth-order valence-corrected chi connectivity index (χ4v) is 3.31. The van der Waals surface area contributed by atoms with Gasteiger partial charge in [-0.1, -0.05) is 18.2 Å². The predicted octanol–water partition coefficient (Wildman–Crippen LogP) is 4.41. The van der Waals surface area contributed by atoms with Crippen LogP contribution in [-0.4, -0.2) is 19.3 Å². The van der Waals surface area contributed by atoms with Crippen molar-refractivity contribution in [2.75, 3.05) is 0 Å². The van der Waals surface area contributed by atoms with E-state index >= 15 is 0 Å². The highest BCUT2D eigenvalue weighted by molar-refractivity contribution is 7.08. The third-order valence-electron chi connectivity index (χ3n) is 3.97. The van der Waals surface area contributed by atoms with E-state index in [2.05, 4.69) is 56.7 Å². The van der Waals surface area contributed by atoms with Gasteiger partial charge in [-0.3, -0.25) is 0 Å². The Morgan fingerprint density at radius 2 is 2.00 bits per heavy atom. The van der Waals surface area contributed by atoms with Gasteiger partial charge in [-0.2, -0.15) is 16.4 Å². The summed E-state index contributed by atoms with van der Waals surface area (Å²) in [5.41, 5.74) is 3.38. The SMILES string of the molecule is C[C@H](c1cnn(-c2ccccc2)c1)n1ccnc1-c1ccsc1. The molecule has 1 atom stereocenters. The zero-order valence-electron chi connectivity index (χ0n) is 12.7. The van der Waals surface area contributed by atoms with E-state index in [1.54, 1.807) is 11.3 Å². The molecular formula is C18H16N4S. The minimum absolute atomic E-state index is 0.171. The Bertz CT molecular complexity index is 890. The van der Waals surface area contributed by atoms with Gasteiger partial charge in [0, 0.05) is 35.1 Å². The van der Waals surface area contributed by atoms with Gasteiger partial charge in [0.15, 0.2) is 0 Å². The summed E-state index contributed by atoms with van der Waals surface area (Å²) in [6, 6.07) is 12.4. The van der Waals surface area contributed by atoms with E-state index in [1.807, 2.05) is 41.5 Å². The topological polar surface area (TPSA) is 35.6 Å². The van der Waals surface area contributed by atoms with Gasteiger partial charge in [-0.25, -0.2) is 9.67 Å². The van der Waals surface area contributed by atoms with Gasteiger partial charge in [0.25, 0.3) is 0 Å². The molecule has 0 saturated heterocycles. The lowest BCUT2D eigenvalue weighted by Crippen LogP contribution is -2.06. The molecule has 0 N–H and O–H groups in total. The van der Waals surface area contributed by atoms with Crippen LogP contribution in [0.4, 0.5) is 0 Å². The van der Waals surface area contributed by atoms with Crippen LogP contribution >= 0.6 is 11.3 Å². The van der Waals surface area contributed by atoms with E-state index in [9.17, 15) is 0 Å². The molecular weight excluding hydrogens is 304 g/mol. The molecule has 0 unspecified atom stereocenters. The van der Waals surface area contributed by atoms with Gasteiger partial charge in [0.1, 0.15) is 5.82 Å². The summed E-state index contributed by atoms with van der Waals surface area (Å²) in [6.07, 6.45) is 7.88. The Labute approximate surface area is 138 Å². The maximum absolute atomic E-state index is 4.51. The van der Waals surface area contributed by atoms with E-state index in [1.165, 1.54) is 0 Å². The second-order valence-electron chi connectivity index (χ2n) is 5.40. The van der Waals surface area contributed by atoms with Gasteiger partial charge < -0.3 is 4.57 Å². The smallest absolute Gasteiger partial charge is 0.141 e. The molecule has 3 heterocycles. The van der Waals surface area contributed by atoms with E-state index in [0.29, 0.717) is 0 Å². The molecule has 23 heavy (non-hydrogen) atoms. The van der Waals surface area contributed by atoms with E-state index in [-0.39, 0.29) is 6.04 Å². The molecule has 114 valence electrons. The summed E-state index contributed by atoms with van der Waals surface area (Å²) in [5.74, 6) is 0.992. The van der Waals surface area contributed by atoms with E-state index < -0.39 is 0 Å². The first-order valence-electron chi connectivity index (χ1n) is 7.48. The molecule has 5 heteroatoms. The quantitative estimate of drug-likeness (QED) is 0.558. The van der Waals surface area contributed by atoms with Crippen LogP contribution in [0.1, 0.15) is 18.5 Å². The Kier molecular flexibility index (Phi) is 3.55. The molecule has 0 bridgehead atoms. The average molecular weight is 320 g/mol. The van der Waals surface area contributed by atoms with Crippen LogP contribution in [0.25, 0.3) is 17.1 Å². The van der Waals surface area contributed by atoms with E-state index in [4.69, 9.17) is 0 Å². The second-order valence-corrected chi connectivity index (χ2v) is 6.18. The zero-order valence-corrected chi connectivity index (χ0v) is 13.5. The number of thiophene rings is 1. The molecule has 0 saturated carbocycles. The number of aromatic nitrogens is 4. The fourth-order valence-electron chi connectivity index (χ4n) is 2.68. The molecule has 4 rings (SSSR count). The van der Waals surface area contributed by atoms with E-state index in [0.717, 1.165) is 22.6 Å². The summed E-state index contributed by atoms with van der Waals surface area (Å²) in [6.45, 7) is 2.17. The zero-order chi connectivity index (χ0) is 15.6. The van der Waals surface area contributed by atoms with Crippen molar-refractivity contribution in [1.29, 1.82) is 0 Å². The van der Waals surface area contributed by atoms with Gasteiger partial charge in [0.2, 0.25) is 0 Å². The number of hydrogen-bond acceptors (Lipinski definition) is 3. The third-order valence-corrected chi connectivity index (χ3v) is 4.65. The van der Waals surface area contributed by atoms with Crippen LogP contribution in [0.3, 0.4) is 0 Å². The minimum Gasteiger partial charge on any atom is -0.324 e. The summed E-state index contributed by atoms with van der Waals surface area (Å²) < 4.78 is 4.10. The molecule has 0 aliphatic rings. The number of rotatable bonds is 4. The highest BCUT2D eigenvalue weighted by atomic mass is 32.1. The molecule has 4 aromatic rings. The molecule has 0 aliphatic heterocycles. The summed E-state index contributed by atoms with van der Waals surface area (Å²) in [4.78, 5) is 4.51. The van der Waals surface area contributed by atoms with Crippen LogP contribution in [0.15, 0.2) is 71.9 Å². The van der Waals surface area contributed by atoms with Crippen molar-refractivity contribution in [1.82, 2.24) is 19.3 Å². The van der Waals surface area contributed by atoms with Crippen LogP contribution in [0.5, 0.6) is 0 Å². The molecule has 0 fully saturated rings. The van der Waals surface area contributed by atoms with Crippen molar-refractivity contribution >= 4 is 11.3 Å². The summed E-state index contributed by atoms with van der Waals surface area (Å²) in [5, 5.41) is 8.69. The van der Waals surface area contributed by atoms with Gasteiger partial charge in [0.05, 0.1) is 17.9 Å². The highest BCUT2D eigenvalue weighted by Gasteiger charge is 2.15. The maximum atomic E-state index is 4.51. The monoisotopic (exact) mass is 320 g/mol. The fraction of sp³-hybridized carbons (Fsp3) is 0.111. The van der Waals surface area contributed by atoms with Crippen LogP contribution in [0, 0.1) is 0 Å². The first-order valence-corrected chi connectivity index (χ1v) is 8.42. The molecule has 3 aromatic heterocycles. The molecule has 4 nitrogen and oxygen atoms in total. The largest absolute Gasteiger partial charge is 0.324 e. The van der Waals surface area contributed by atoms with Crippen molar-refractivity contribution in [3.8, 4) is 17.1 Å². The lowest BCUT2D eigenvalue weighted by molar-refractivity contribution is 0.645. The van der Waals surface area contributed by atoms with Gasteiger partial charge >= 0.3 is 0 Å². The average Bonchev–Trinajstić information content (AvgIpc) is 3.34. The van der Waals surface area contributed by atoms with Crippen LogP contribution in [0.2, 0.25) is 0 Å². The molecule has 0 aliphatic carbocycles. The molecule has 0 spiro atoms. The van der Waals surface area contributed by atoms with Crippen molar-refractivity contribution in [2.45, 2.75) is 13.0 Å². The number of benzene rings is 1. The third kappa shape index (κ3) is 2.59. The molecule has 0 radical (unpaired) electrons. The molecule has 1 aromatic carbocycles. The Hall–Kier alpha value is -2.66. The summed E-state index contributed by atoms with van der Waals surface area (Å²) >= 11 is 1.69. The number of nitrogens with zero attached hydrogens (tertiary/aromatic N) is 4. The van der Waals surface area contributed by atoms with Gasteiger partial charge in [-0.05, 0) is 30.5 Å². The standard InChI is InChI=1S/C18H16N4S/c1-14(21-9-8-19-18(21)15-7-10-23-13-15)16-11-20-22(12-16)17-5-3-2-4-6-17/h2-14H,1H3/t14-/m1/s1. The first-order chi connectivity index (χ1) is 11.3. The van der Waals surface area contributed by atoms with Gasteiger partial charge in [-0.15, -0.1) is 0 Å². The number of imidazole rings is 1. The highest BCUT2D eigenvalue weighted by Crippen LogP contribution is 2.27. The van der Waals surface area contributed by atoms with Crippen molar-refractivity contribution in [2.24, 2.45) is 0 Å². The lowest BCUT2D eigenvalue weighted by atomic mass is 10.2. The van der Waals surface area contributed by atoms with Crippen LogP contribution < -0.4 is 0 Å². The van der Waals surface area contributed by atoms with Crippen LogP contribution in [-0.2, 0) is 0 Å². The van der Waals surface area contributed by atoms with Crippen molar-refractivity contribution < 1.29 is 0 Å². The Morgan fingerprint density at radius 3 is 2.78 bits per heavy atom. The molecule has 0 amide bonds. The first kappa shape index (κ1) is 14.0. The predicted molar refractivity (Wildman–Crippen MR) is 92.9 cm³/mol. The minimum atomic E-state index is 0.171. The Balaban J connectivity index is 1.67. The normalized spacial score (nSPS) is 12.4. The number of hydrogen-bond donors (Lipinski definition) is 0.